The lowest BCUT2D eigenvalue weighted by Crippen LogP contribution is -2.25. The second-order valence-corrected chi connectivity index (χ2v) is 5.37. The lowest BCUT2D eigenvalue weighted by molar-refractivity contribution is -0.394. The summed E-state index contributed by atoms with van der Waals surface area (Å²) in [7, 11) is 2.68. The second-order valence-electron chi connectivity index (χ2n) is 5.37. The summed E-state index contributed by atoms with van der Waals surface area (Å²) in [6, 6.07) is 8.59. The molecule has 0 unspecified atom stereocenters. The molecule has 0 aliphatic carbocycles. The van der Waals surface area contributed by atoms with E-state index in [1.165, 1.54) is 13.3 Å². The number of amides is 1. The molecule has 0 bridgehead atoms. The number of hydrazone groups is 1. The fourth-order valence-corrected chi connectivity index (χ4v) is 2.18. The maximum Gasteiger partial charge on any atom is 0.321 e. The van der Waals surface area contributed by atoms with E-state index in [2.05, 4.69) is 10.5 Å². The van der Waals surface area contributed by atoms with Crippen LogP contribution in [0, 0.1) is 20.2 Å². The van der Waals surface area contributed by atoms with Crippen molar-refractivity contribution in [3.63, 3.8) is 0 Å². The van der Waals surface area contributed by atoms with Crippen LogP contribution < -0.4 is 19.6 Å². The monoisotopic (exact) mass is 404 g/mol. The molecular formula is C17H16N4O8. The molecule has 0 aliphatic rings. The smallest absolute Gasteiger partial charge is 0.321 e. The molecule has 2 aromatic rings. The molecule has 0 atom stereocenters. The van der Waals surface area contributed by atoms with Gasteiger partial charge in [-0.1, -0.05) is 12.1 Å². The molecule has 0 fully saturated rings. The van der Waals surface area contributed by atoms with Crippen LogP contribution in [-0.4, -0.2) is 42.8 Å². The molecule has 12 nitrogen and oxygen atoms in total. The van der Waals surface area contributed by atoms with Crippen LogP contribution in [-0.2, 0) is 4.79 Å². The quantitative estimate of drug-likeness (QED) is 0.378. The average Bonchev–Trinajstić information content (AvgIpc) is 2.71. The van der Waals surface area contributed by atoms with Crippen molar-refractivity contribution in [3.05, 3.63) is 62.2 Å². The SMILES string of the molecule is COc1cccc(C=NNC(=O)COc2c(OC)cc([N+](=O)[O-])cc2[N+](=O)[O-])c1. The van der Waals surface area contributed by atoms with Gasteiger partial charge in [0.05, 0.1) is 42.4 Å². The van der Waals surface area contributed by atoms with E-state index in [9.17, 15) is 25.0 Å². The van der Waals surface area contributed by atoms with Gasteiger partial charge in [0.25, 0.3) is 11.6 Å². The minimum Gasteiger partial charge on any atom is -0.497 e. The molecule has 12 heteroatoms. The Morgan fingerprint density at radius 1 is 1.14 bits per heavy atom. The van der Waals surface area contributed by atoms with E-state index in [0.29, 0.717) is 11.3 Å². The van der Waals surface area contributed by atoms with E-state index >= 15 is 0 Å². The second kappa shape index (κ2) is 9.64. The molecule has 2 rings (SSSR count). The van der Waals surface area contributed by atoms with Gasteiger partial charge in [0.2, 0.25) is 5.75 Å². The summed E-state index contributed by atoms with van der Waals surface area (Å²) in [6.07, 6.45) is 1.37. The zero-order valence-corrected chi connectivity index (χ0v) is 15.4. The molecule has 0 radical (unpaired) electrons. The van der Waals surface area contributed by atoms with Gasteiger partial charge in [-0.3, -0.25) is 25.0 Å². The fourth-order valence-electron chi connectivity index (χ4n) is 2.18. The highest BCUT2D eigenvalue weighted by Crippen LogP contribution is 2.40. The minimum atomic E-state index is -0.871. The number of hydrogen-bond acceptors (Lipinski definition) is 9. The molecule has 152 valence electrons. The van der Waals surface area contributed by atoms with Crippen molar-refractivity contribution in [1.29, 1.82) is 0 Å². The molecule has 0 aromatic heterocycles. The van der Waals surface area contributed by atoms with Crippen molar-refractivity contribution in [3.8, 4) is 17.2 Å². The minimum absolute atomic E-state index is 0.251. The highest BCUT2D eigenvalue weighted by Gasteiger charge is 2.27. The number of nitrogens with zero attached hydrogens (tertiary/aromatic N) is 3. The van der Waals surface area contributed by atoms with E-state index in [4.69, 9.17) is 14.2 Å². The van der Waals surface area contributed by atoms with E-state index in [0.717, 1.165) is 19.2 Å². The fraction of sp³-hybridized carbons (Fsp3) is 0.176. The Morgan fingerprint density at radius 3 is 2.52 bits per heavy atom. The van der Waals surface area contributed by atoms with Gasteiger partial charge in [-0.15, -0.1) is 0 Å². The van der Waals surface area contributed by atoms with Crippen LogP contribution in [0.5, 0.6) is 17.2 Å². The highest BCUT2D eigenvalue weighted by atomic mass is 16.6. The van der Waals surface area contributed by atoms with Crippen LogP contribution in [0.3, 0.4) is 0 Å². The number of nitro benzene ring substituents is 2. The van der Waals surface area contributed by atoms with Crippen molar-refractivity contribution >= 4 is 23.5 Å². The number of benzene rings is 2. The van der Waals surface area contributed by atoms with Crippen molar-refractivity contribution in [2.45, 2.75) is 0 Å². The Hall–Kier alpha value is -4.22. The third-order valence-corrected chi connectivity index (χ3v) is 3.49. The van der Waals surface area contributed by atoms with Gasteiger partial charge in [0.1, 0.15) is 5.75 Å². The maximum atomic E-state index is 11.9. The highest BCUT2D eigenvalue weighted by molar-refractivity contribution is 5.83. The molecule has 0 saturated heterocycles. The third kappa shape index (κ3) is 5.63. The van der Waals surface area contributed by atoms with E-state index in [-0.39, 0.29) is 5.75 Å². The maximum absolute atomic E-state index is 11.9. The molecule has 0 saturated carbocycles. The van der Waals surface area contributed by atoms with E-state index in [1.807, 2.05) is 0 Å². The number of nitrogens with one attached hydrogen (secondary N) is 1. The average molecular weight is 404 g/mol. The van der Waals surface area contributed by atoms with Crippen molar-refractivity contribution in [2.24, 2.45) is 5.10 Å². The lowest BCUT2D eigenvalue weighted by atomic mass is 10.2. The van der Waals surface area contributed by atoms with Crippen LogP contribution in [0.15, 0.2) is 41.5 Å². The summed E-state index contributed by atoms with van der Waals surface area (Å²) in [5, 5.41) is 25.9. The first kappa shape index (κ1) is 21.1. The summed E-state index contributed by atoms with van der Waals surface area (Å²) in [6.45, 7) is -0.634. The molecule has 1 amide bonds. The Bertz CT molecular complexity index is 960. The Labute approximate surface area is 164 Å². The van der Waals surface area contributed by atoms with Crippen LogP contribution in [0.2, 0.25) is 0 Å². The van der Waals surface area contributed by atoms with Gasteiger partial charge in [-0.2, -0.15) is 5.10 Å². The molecule has 29 heavy (non-hydrogen) atoms. The van der Waals surface area contributed by atoms with Gasteiger partial charge in [0, 0.05) is 0 Å². The van der Waals surface area contributed by atoms with Gasteiger partial charge >= 0.3 is 5.69 Å². The molecule has 0 aliphatic heterocycles. The molecule has 0 heterocycles. The Balaban J connectivity index is 2.08. The van der Waals surface area contributed by atoms with Crippen molar-refractivity contribution in [1.82, 2.24) is 5.43 Å². The number of methoxy groups -OCH3 is 2. The number of non-ortho nitro benzene ring substituents is 1. The normalized spacial score (nSPS) is 10.4. The standard InChI is InChI=1S/C17H16N4O8/c1-27-13-5-3-4-11(6-13)9-18-19-16(22)10-29-17-14(21(25)26)7-12(20(23)24)8-15(17)28-2/h3-9H,10H2,1-2H3,(H,19,22). The predicted molar refractivity (Wildman–Crippen MR) is 101 cm³/mol. The third-order valence-electron chi connectivity index (χ3n) is 3.49. The molecular weight excluding hydrogens is 388 g/mol. The van der Waals surface area contributed by atoms with Crippen LogP contribution in [0.25, 0.3) is 0 Å². The van der Waals surface area contributed by atoms with E-state index < -0.39 is 39.5 Å². The summed E-state index contributed by atoms with van der Waals surface area (Å²) < 4.78 is 15.1. The van der Waals surface area contributed by atoms with E-state index in [1.54, 1.807) is 24.3 Å². The summed E-state index contributed by atoms with van der Waals surface area (Å²) >= 11 is 0. The number of carbonyl (C=O) groups excluding carboxylic acids is 1. The molecule has 2 aromatic carbocycles. The van der Waals surface area contributed by atoms with Crippen molar-refractivity contribution < 1.29 is 28.9 Å². The first-order chi connectivity index (χ1) is 13.8. The van der Waals surface area contributed by atoms with Crippen molar-refractivity contribution in [2.75, 3.05) is 20.8 Å². The number of rotatable bonds is 9. The zero-order valence-electron chi connectivity index (χ0n) is 15.4. The van der Waals surface area contributed by atoms with Gasteiger partial charge in [-0.25, -0.2) is 5.43 Å². The number of nitro groups is 2. The van der Waals surface area contributed by atoms with Crippen LogP contribution >= 0.6 is 0 Å². The van der Waals surface area contributed by atoms with Crippen LogP contribution in [0.1, 0.15) is 5.56 Å². The zero-order chi connectivity index (χ0) is 21.4. The number of ether oxygens (including phenoxy) is 3. The number of carbonyl (C=O) groups is 1. The Morgan fingerprint density at radius 2 is 1.90 bits per heavy atom. The predicted octanol–water partition coefficient (Wildman–Crippen LogP) is 2.05. The largest absolute Gasteiger partial charge is 0.497 e. The van der Waals surface area contributed by atoms with Gasteiger partial charge < -0.3 is 14.2 Å². The van der Waals surface area contributed by atoms with Gasteiger partial charge in [-0.05, 0) is 17.7 Å². The number of hydrogen-bond donors (Lipinski definition) is 1. The summed E-state index contributed by atoms with van der Waals surface area (Å²) in [5.74, 6) is -0.756. The molecule has 1 N–H and O–H groups in total. The lowest BCUT2D eigenvalue weighted by Gasteiger charge is -2.10. The van der Waals surface area contributed by atoms with Gasteiger partial charge in [0.15, 0.2) is 12.4 Å². The topological polar surface area (TPSA) is 155 Å². The first-order valence-electron chi connectivity index (χ1n) is 7.95. The summed E-state index contributed by atoms with van der Waals surface area (Å²) in [4.78, 5) is 32.3. The summed E-state index contributed by atoms with van der Waals surface area (Å²) in [5.41, 5.74) is 1.61. The molecule has 0 spiro atoms. The Kier molecular flexibility index (Phi) is 7.01. The van der Waals surface area contributed by atoms with Crippen LogP contribution in [0.4, 0.5) is 11.4 Å². The first-order valence-corrected chi connectivity index (χ1v) is 7.95.